The Hall–Kier alpha value is -1.63. The first-order valence-corrected chi connectivity index (χ1v) is 6.74. The van der Waals surface area contributed by atoms with Gasteiger partial charge >= 0.3 is 6.03 Å². The summed E-state index contributed by atoms with van der Waals surface area (Å²) in [7, 11) is 0. The SMILES string of the molecule is C[C@H](NC(=O)NCCCn1cncn1)[C@@H]1CCCO1. The van der Waals surface area contributed by atoms with E-state index in [0.29, 0.717) is 6.54 Å². The highest BCUT2D eigenvalue weighted by Crippen LogP contribution is 2.15. The molecule has 1 saturated heterocycles. The molecule has 1 aromatic rings. The van der Waals surface area contributed by atoms with Crippen molar-refractivity contribution in [1.29, 1.82) is 0 Å². The average molecular weight is 267 g/mol. The standard InChI is InChI=1S/C12H21N5O2/c1-10(11-4-2-7-19-11)16-12(18)14-5-3-6-17-9-13-8-15-17/h8-11H,2-7H2,1H3,(H2,14,16,18)/t10-,11-/m0/s1. The smallest absolute Gasteiger partial charge is 0.315 e. The topological polar surface area (TPSA) is 81.1 Å². The highest BCUT2D eigenvalue weighted by Gasteiger charge is 2.23. The number of hydrogen-bond donors (Lipinski definition) is 2. The lowest BCUT2D eigenvalue weighted by molar-refractivity contribution is 0.0860. The van der Waals surface area contributed by atoms with Crippen LogP contribution >= 0.6 is 0 Å². The molecule has 0 unspecified atom stereocenters. The number of nitrogens with zero attached hydrogens (tertiary/aromatic N) is 3. The maximum Gasteiger partial charge on any atom is 0.315 e. The second-order valence-corrected chi connectivity index (χ2v) is 4.75. The number of carbonyl (C=O) groups is 1. The van der Waals surface area contributed by atoms with Crippen molar-refractivity contribution in [2.45, 2.75) is 44.9 Å². The minimum Gasteiger partial charge on any atom is -0.376 e. The Morgan fingerprint density at radius 1 is 1.63 bits per heavy atom. The van der Waals surface area contributed by atoms with Gasteiger partial charge in [-0.1, -0.05) is 0 Å². The molecule has 2 rings (SSSR count). The fraction of sp³-hybridized carbons (Fsp3) is 0.750. The molecule has 0 saturated carbocycles. The molecule has 7 heteroatoms. The maximum absolute atomic E-state index is 11.7. The van der Waals surface area contributed by atoms with Crippen molar-refractivity contribution in [2.24, 2.45) is 0 Å². The van der Waals surface area contributed by atoms with E-state index in [4.69, 9.17) is 4.74 Å². The van der Waals surface area contributed by atoms with Gasteiger partial charge in [-0.15, -0.1) is 0 Å². The van der Waals surface area contributed by atoms with Gasteiger partial charge < -0.3 is 15.4 Å². The minimum absolute atomic E-state index is 0.0535. The molecule has 1 aliphatic heterocycles. The molecule has 19 heavy (non-hydrogen) atoms. The summed E-state index contributed by atoms with van der Waals surface area (Å²) in [6.45, 7) is 4.15. The lowest BCUT2D eigenvalue weighted by atomic mass is 10.1. The van der Waals surface area contributed by atoms with Crippen molar-refractivity contribution in [3.63, 3.8) is 0 Å². The van der Waals surface area contributed by atoms with Crippen molar-refractivity contribution in [3.8, 4) is 0 Å². The first kappa shape index (κ1) is 13.8. The van der Waals surface area contributed by atoms with Gasteiger partial charge in [-0.25, -0.2) is 9.78 Å². The van der Waals surface area contributed by atoms with Crippen LogP contribution in [0.25, 0.3) is 0 Å². The highest BCUT2D eigenvalue weighted by molar-refractivity contribution is 5.74. The quantitative estimate of drug-likeness (QED) is 0.737. The summed E-state index contributed by atoms with van der Waals surface area (Å²) in [5.74, 6) is 0. The summed E-state index contributed by atoms with van der Waals surface area (Å²) >= 11 is 0. The van der Waals surface area contributed by atoms with Crippen LogP contribution in [0.3, 0.4) is 0 Å². The first-order valence-electron chi connectivity index (χ1n) is 6.74. The van der Waals surface area contributed by atoms with Crippen molar-refractivity contribution >= 4 is 6.03 Å². The third-order valence-corrected chi connectivity index (χ3v) is 3.20. The van der Waals surface area contributed by atoms with Crippen LogP contribution in [0.5, 0.6) is 0 Å². The molecule has 2 amide bonds. The predicted octanol–water partition coefficient (Wildman–Crippen LogP) is 0.535. The van der Waals surface area contributed by atoms with Crippen molar-refractivity contribution in [2.75, 3.05) is 13.2 Å². The zero-order valence-electron chi connectivity index (χ0n) is 11.2. The predicted molar refractivity (Wildman–Crippen MR) is 69.6 cm³/mol. The number of aryl methyl sites for hydroxylation is 1. The third kappa shape index (κ3) is 4.51. The second-order valence-electron chi connectivity index (χ2n) is 4.75. The Morgan fingerprint density at radius 2 is 2.53 bits per heavy atom. The zero-order valence-corrected chi connectivity index (χ0v) is 11.2. The Labute approximate surface area is 112 Å². The van der Waals surface area contributed by atoms with Crippen LogP contribution in [0, 0.1) is 0 Å². The van der Waals surface area contributed by atoms with E-state index in [9.17, 15) is 4.79 Å². The third-order valence-electron chi connectivity index (χ3n) is 3.20. The van der Waals surface area contributed by atoms with Gasteiger partial charge in [0.15, 0.2) is 0 Å². The van der Waals surface area contributed by atoms with Gasteiger partial charge in [0.05, 0.1) is 12.1 Å². The van der Waals surface area contributed by atoms with Gasteiger partial charge in [-0.2, -0.15) is 5.10 Å². The first-order chi connectivity index (χ1) is 9.25. The fourth-order valence-corrected chi connectivity index (χ4v) is 2.14. The molecular weight excluding hydrogens is 246 g/mol. The minimum atomic E-state index is -0.137. The maximum atomic E-state index is 11.7. The summed E-state index contributed by atoms with van der Waals surface area (Å²) in [5, 5.41) is 9.73. The van der Waals surface area contributed by atoms with E-state index in [0.717, 1.165) is 32.4 Å². The van der Waals surface area contributed by atoms with Gasteiger partial charge in [0, 0.05) is 19.7 Å². The van der Waals surface area contributed by atoms with E-state index in [2.05, 4.69) is 20.7 Å². The van der Waals surface area contributed by atoms with Crippen molar-refractivity contribution in [1.82, 2.24) is 25.4 Å². The van der Waals surface area contributed by atoms with Gasteiger partial charge in [-0.05, 0) is 26.2 Å². The largest absolute Gasteiger partial charge is 0.376 e. The van der Waals surface area contributed by atoms with Crippen LogP contribution in [-0.2, 0) is 11.3 Å². The van der Waals surface area contributed by atoms with Crippen LogP contribution in [0.4, 0.5) is 4.79 Å². The molecular formula is C12H21N5O2. The van der Waals surface area contributed by atoms with Crippen LogP contribution < -0.4 is 10.6 Å². The lowest BCUT2D eigenvalue weighted by Crippen LogP contribution is -2.46. The summed E-state index contributed by atoms with van der Waals surface area (Å²) in [6.07, 6.45) is 6.25. The van der Waals surface area contributed by atoms with E-state index >= 15 is 0 Å². The summed E-state index contributed by atoms with van der Waals surface area (Å²) in [5.41, 5.74) is 0. The van der Waals surface area contributed by atoms with Crippen LogP contribution in [0.1, 0.15) is 26.2 Å². The average Bonchev–Trinajstić information content (AvgIpc) is 3.07. The van der Waals surface area contributed by atoms with E-state index in [1.807, 2.05) is 6.92 Å². The van der Waals surface area contributed by atoms with Gasteiger partial charge in [0.2, 0.25) is 0 Å². The Morgan fingerprint density at radius 3 is 3.21 bits per heavy atom. The molecule has 7 nitrogen and oxygen atoms in total. The molecule has 2 N–H and O–H groups in total. The fourth-order valence-electron chi connectivity index (χ4n) is 2.14. The summed E-state index contributed by atoms with van der Waals surface area (Å²) in [4.78, 5) is 15.5. The molecule has 0 radical (unpaired) electrons. The normalized spacial score (nSPS) is 20.2. The van der Waals surface area contributed by atoms with Gasteiger partial charge in [0.1, 0.15) is 12.7 Å². The van der Waals surface area contributed by atoms with Gasteiger partial charge in [-0.3, -0.25) is 4.68 Å². The van der Waals surface area contributed by atoms with Gasteiger partial charge in [0.25, 0.3) is 0 Å². The molecule has 0 aliphatic carbocycles. The Bertz CT molecular complexity index is 375. The molecule has 0 spiro atoms. The number of amides is 2. The van der Waals surface area contributed by atoms with Crippen molar-refractivity contribution < 1.29 is 9.53 Å². The second kappa shape index (κ2) is 7.08. The molecule has 2 atom stereocenters. The summed E-state index contributed by atoms with van der Waals surface area (Å²) < 4.78 is 7.27. The number of aromatic nitrogens is 3. The number of ether oxygens (including phenoxy) is 1. The van der Waals surface area contributed by atoms with E-state index in [1.54, 1.807) is 11.0 Å². The molecule has 106 valence electrons. The highest BCUT2D eigenvalue weighted by atomic mass is 16.5. The summed E-state index contributed by atoms with van der Waals surface area (Å²) in [6, 6.07) is -0.0839. The Kier molecular flexibility index (Phi) is 5.14. The monoisotopic (exact) mass is 267 g/mol. The molecule has 0 bridgehead atoms. The molecule has 0 aromatic carbocycles. The number of urea groups is 1. The molecule has 1 aliphatic rings. The van der Waals surface area contributed by atoms with E-state index in [-0.39, 0.29) is 18.2 Å². The van der Waals surface area contributed by atoms with E-state index in [1.165, 1.54) is 6.33 Å². The molecule has 1 aromatic heterocycles. The molecule has 1 fully saturated rings. The zero-order chi connectivity index (χ0) is 13.5. The van der Waals surface area contributed by atoms with Crippen LogP contribution in [0.15, 0.2) is 12.7 Å². The number of hydrogen-bond acceptors (Lipinski definition) is 4. The lowest BCUT2D eigenvalue weighted by Gasteiger charge is -2.20. The molecule has 2 heterocycles. The number of carbonyl (C=O) groups excluding carboxylic acids is 1. The van der Waals surface area contributed by atoms with Crippen molar-refractivity contribution in [3.05, 3.63) is 12.7 Å². The number of rotatable bonds is 6. The Balaban J connectivity index is 1.56. The van der Waals surface area contributed by atoms with E-state index < -0.39 is 0 Å². The van der Waals surface area contributed by atoms with Crippen LogP contribution in [0.2, 0.25) is 0 Å². The number of nitrogens with one attached hydrogen (secondary N) is 2. The van der Waals surface area contributed by atoms with Crippen LogP contribution in [-0.4, -0.2) is 46.1 Å².